The van der Waals surface area contributed by atoms with Crippen molar-refractivity contribution in [2.24, 2.45) is 10.9 Å². The quantitative estimate of drug-likeness (QED) is 0.305. The lowest BCUT2D eigenvalue weighted by Gasteiger charge is -2.26. The van der Waals surface area contributed by atoms with Crippen LogP contribution in [0, 0.1) is 5.92 Å². The van der Waals surface area contributed by atoms with Crippen LogP contribution in [0.1, 0.15) is 52.2 Å². The monoisotopic (exact) mass is 600 g/mol. The molecule has 0 aromatic heterocycles. The molecule has 7 nitrogen and oxygen atoms in total. The summed E-state index contributed by atoms with van der Waals surface area (Å²) in [5.41, 5.74) is 0.986. The Bertz CT molecular complexity index is 1640. The van der Waals surface area contributed by atoms with E-state index >= 15 is 0 Å². The molecule has 1 amide bonds. The van der Waals surface area contributed by atoms with Crippen LogP contribution in [0.2, 0.25) is 0 Å². The fraction of sp³-hybridized carbons (Fsp3) is 0.355. The van der Waals surface area contributed by atoms with Crippen molar-refractivity contribution >= 4 is 38.7 Å². The highest BCUT2D eigenvalue weighted by molar-refractivity contribution is 7.89. The zero-order valence-electron chi connectivity index (χ0n) is 24.4. The Morgan fingerprint density at radius 3 is 2.21 bits per heavy atom. The van der Waals surface area contributed by atoms with Gasteiger partial charge in [0.25, 0.3) is 0 Å². The number of alkyl halides is 3. The molecule has 0 saturated heterocycles. The molecule has 0 atom stereocenters. The van der Waals surface area contributed by atoms with E-state index < -0.39 is 33.2 Å². The van der Waals surface area contributed by atoms with Crippen LogP contribution in [0.25, 0.3) is 11.1 Å². The van der Waals surface area contributed by atoms with Crippen molar-refractivity contribution in [3.8, 4) is 11.1 Å². The normalized spacial score (nSPS) is 14.2. The van der Waals surface area contributed by atoms with E-state index in [1.54, 1.807) is 69.1 Å². The SMILES string of the molecule is CC(C)CN(C)c1cc2c(cc1C(F)(F)F)NC(=O)CC(c1cccc(-c3cccc(S(=O)(=O)NC(C)(C)C)c3)c1)=N2. The second-order valence-corrected chi connectivity index (χ2v) is 13.6. The van der Waals surface area contributed by atoms with E-state index in [9.17, 15) is 26.4 Å². The summed E-state index contributed by atoms with van der Waals surface area (Å²) < 4.78 is 70.5. The second-order valence-electron chi connectivity index (χ2n) is 11.9. The van der Waals surface area contributed by atoms with Gasteiger partial charge in [0, 0.05) is 19.1 Å². The van der Waals surface area contributed by atoms with Crippen LogP contribution in [-0.2, 0) is 21.0 Å². The largest absolute Gasteiger partial charge is 0.418 e. The molecule has 0 spiro atoms. The maximum atomic E-state index is 14.0. The molecule has 0 saturated carbocycles. The molecule has 2 N–H and O–H groups in total. The molecule has 0 radical (unpaired) electrons. The molecule has 0 unspecified atom stereocenters. The summed E-state index contributed by atoms with van der Waals surface area (Å²) in [6, 6.07) is 16.0. The van der Waals surface area contributed by atoms with Crippen molar-refractivity contribution in [2.75, 3.05) is 23.8 Å². The third-order valence-electron chi connectivity index (χ3n) is 6.44. The van der Waals surface area contributed by atoms with Gasteiger partial charge in [0.05, 0.1) is 39.7 Å². The lowest BCUT2D eigenvalue weighted by Crippen LogP contribution is -2.40. The Morgan fingerprint density at radius 1 is 0.976 bits per heavy atom. The Hall–Kier alpha value is -3.70. The predicted molar refractivity (Wildman–Crippen MR) is 161 cm³/mol. The van der Waals surface area contributed by atoms with Crippen LogP contribution in [0.5, 0.6) is 0 Å². The van der Waals surface area contributed by atoms with Gasteiger partial charge in [-0.15, -0.1) is 0 Å². The molecule has 11 heteroatoms. The molecule has 0 aliphatic carbocycles. The van der Waals surface area contributed by atoms with Crippen molar-refractivity contribution in [3.05, 3.63) is 71.8 Å². The van der Waals surface area contributed by atoms with Gasteiger partial charge >= 0.3 is 6.18 Å². The van der Waals surface area contributed by atoms with E-state index in [2.05, 4.69) is 15.0 Å². The van der Waals surface area contributed by atoms with Crippen LogP contribution < -0.4 is 14.9 Å². The third-order valence-corrected chi connectivity index (χ3v) is 8.20. The number of hydrogen-bond donors (Lipinski definition) is 2. The molecule has 3 aromatic carbocycles. The first kappa shape index (κ1) is 31.2. The van der Waals surface area contributed by atoms with Crippen molar-refractivity contribution in [3.63, 3.8) is 0 Å². The van der Waals surface area contributed by atoms with E-state index in [-0.39, 0.29) is 34.3 Å². The van der Waals surface area contributed by atoms with Gasteiger partial charge in [-0.3, -0.25) is 9.79 Å². The van der Waals surface area contributed by atoms with Gasteiger partial charge in [-0.2, -0.15) is 13.2 Å². The van der Waals surface area contributed by atoms with E-state index in [0.717, 1.165) is 6.07 Å². The van der Waals surface area contributed by atoms with Gasteiger partial charge in [-0.25, -0.2) is 13.1 Å². The highest BCUT2D eigenvalue weighted by Gasteiger charge is 2.36. The first-order chi connectivity index (χ1) is 19.4. The molecule has 4 rings (SSSR count). The summed E-state index contributed by atoms with van der Waals surface area (Å²) in [4.78, 5) is 19.1. The Balaban J connectivity index is 1.78. The number of sulfonamides is 1. The fourth-order valence-electron chi connectivity index (χ4n) is 4.84. The average Bonchev–Trinajstić information content (AvgIpc) is 3.03. The summed E-state index contributed by atoms with van der Waals surface area (Å²) in [7, 11) is -2.17. The summed E-state index contributed by atoms with van der Waals surface area (Å²) in [5, 5.41) is 2.58. The third kappa shape index (κ3) is 7.38. The molecule has 0 bridgehead atoms. The number of rotatable bonds is 7. The number of aliphatic imine (C=N–C) groups is 1. The van der Waals surface area contributed by atoms with E-state index in [0.29, 0.717) is 28.9 Å². The van der Waals surface area contributed by atoms with Crippen molar-refractivity contribution in [1.82, 2.24) is 4.72 Å². The minimum absolute atomic E-state index is 0.00978. The van der Waals surface area contributed by atoms with Crippen LogP contribution in [0.4, 0.5) is 30.2 Å². The Kier molecular flexibility index (Phi) is 8.57. The Labute approximate surface area is 244 Å². The fourth-order valence-corrected chi connectivity index (χ4v) is 6.30. The number of carbonyl (C=O) groups is 1. The standard InChI is InChI=1S/C31H35F3N4O3S/c1-19(2)18-38(6)28-16-27-26(15-24(28)31(32,33)34)36-29(39)17-25(35-27)22-11-7-9-20(13-22)21-10-8-12-23(14-21)42(40,41)37-30(3,4)5/h7-16,19,37H,17-18H2,1-6H3,(H,36,39). The minimum Gasteiger partial charge on any atom is -0.374 e. The van der Waals surface area contributed by atoms with Crippen molar-refractivity contribution in [2.45, 2.75) is 57.7 Å². The number of halogens is 3. The molecular weight excluding hydrogens is 565 g/mol. The average molecular weight is 601 g/mol. The highest BCUT2D eigenvalue weighted by atomic mass is 32.2. The number of fused-ring (bicyclic) bond motifs is 1. The summed E-state index contributed by atoms with van der Waals surface area (Å²) in [5.74, 6) is -0.371. The number of nitrogens with one attached hydrogen (secondary N) is 2. The minimum atomic E-state index is -4.63. The molecule has 224 valence electrons. The lowest BCUT2D eigenvalue weighted by molar-refractivity contribution is -0.137. The molecule has 42 heavy (non-hydrogen) atoms. The topological polar surface area (TPSA) is 90.9 Å². The van der Waals surface area contributed by atoms with Gasteiger partial charge in [-0.1, -0.05) is 44.2 Å². The van der Waals surface area contributed by atoms with Gasteiger partial charge in [0.15, 0.2) is 0 Å². The number of anilines is 2. The molecule has 1 aliphatic heterocycles. The Morgan fingerprint density at radius 2 is 1.60 bits per heavy atom. The van der Waals surface area contributed by atoms with Crippen LogP contribution in [-0.4, -0.2) is 39.2 Å². The summed E-state index contributed by atoms with van der Waals surface area (Å²) >= 11 is 0. The number of nitrogens with zero attached hydrogens (tertiary/aromatic N) is 2. The summed E-state index contributed by atoms with van der Waals surface area (Å²) in [6.45, 7) is 9.51. The number of hydrogen-bond acceptors (Lipinski definition) is 5. The molecule has 1 heterocycles. The highest BCUT2D eigenvalue weighted by Crippen LogP contribution is 2.43. The van der Waals surface area contributed by atoms with Crippen molar-refractivity contribution in [1.29, 1.82) is 0 Å². The van der Waals surface area contributed by atoms with Crippen molar-refractivity contribution < 1.29 is 26.4 Å². The molecule has 3 aromatic rings. The molecule has 0 fully saturated rings. The van der Waals surface area contributed by atoms with E-state index in [4.69, 9.17) is 0 Å². The maximum Gasteiger partial charge on any atom is 0.418 e. The van der Waals surface area contributed by atoms with Gasteiger partial charge in [0.1, 0.15) is 0 Å². The number of benzene rings is 3. The summed E-state index contributed by atoms with van der Waals surface area (Å²) in [6.07, 6.45) is -4.78. The smallest absolute Gasteiger partial charge is 0.374 e. The maximum absolute atomic E-state index is 14.0. The number of amides is 1. The second kappa shape index (κ2) is 11.5. The lowest BCUT2D eigenvalue weighted by atomic mass is 9.99. The molecule has 1 aliphatic rings. The van der Waals surface area contributed by atoms with Crippen LogP contribution in [0.15, 0.2) is 70.6 Å². The molecular formula is C31H35F3N4O3S. The zero-order valence-corrected chi connectivity index (χ0v) is 25.2. The first-order valence-electron chi connectivity index (χ1n) is 13.5. The van der Waals surface area contributed by atoms with E-state index in [1.165, 1.54) is 12.1 Å². The number of carbonyl (C=O) groups excluding carboxylic acids is 1. The van der Waals surface area contributed by atoms with Gasteiger partial charge in [0.2, 0.25) is 15.9 Å². The van der Waals surface area contributed by atoms with Gasteiger partial charge in [-0.05, 0) is 73.7 Å². The predicted octanol–water partition coefficient (Wildman–Crippen LogP) is 7.00. The zero-order chi connectivity index (χ0) is 31.0. The van der Waals surface area contributed by atoms with Crippen LogP contribution in [0.3, 0.4) is 0 Å². The van der Waals surface area contributed by atoms with E-state index in [1.807, 2.05) is 19.9 Å². The first-order valence-corrected chi connectivity index (χ1v) is 15.0. The van der Waals surface area contributed by atoms with Crippen LogP contribution >= 0.6 is 0 Å². The van der Waals surface area contributed by atoms with Gasteiger partial charge < -0.3 is 10.2 Å².